The van der Waals surface area contributed by atoms with Crippen molar-refractivity contribution in [2.24, 2.45) is 0 Å². The number of allylic oxidation sites excluding steroid dienone is 4. The molecule has 0 amide bonds. The van der Waals surface area contributed by atoms with Crippen LogP contribution in [0.3, 0.4) is 0 Å². The third-order valence-electron chi connectivity index (χ3n) is 1.54. The largest absolute Gasteiger partial charge is 0.242 e. The van der Waals surface area contributed by atoms with Crippen LogP contribution in [-0.4, -0.2) is 6.17 Å². The van der Waals surface area contributed by atoms with Crippen molar-refractivity contribution in [1.82, 2.24) is 0 Å². The van der Waals surface area contributed by atoms with E-state index in [0.29, 0.717) is 6.42 Å². The summed E-state index contributed by atoms with van der Waals surface area (Å²) in [6, 6.07) is 0. The van der Waals surface area contributed by atoms with Gasteiger partial charge in [0, 0.05) is 6.42 Å². The van der Waals surface area contributed by atoms with E-state index in [1.807, 2.05) is 6.92 Å². The van der Waals surface area contributed by atoms with Crippen LogP contribution < -0.4 is 0 Å². The van der Waals surface area contributed by atoms with Crippen LogP contribution in [0, 0.1) is 0 Å². The van der Waals surface area contributed by atoms with Crippen LogP contribution in [0.2, 0.25) is 0 Å². The van der Waals surface area contributed by atoms with Gasteiger partial charge < -0.3 is 0 Å². The Labute approximate surface area is 59.2 Å². The van der Waals surface area contributed by atoms with E-state index in [-0.39, 0.29) is 12.2 Å². The molecule has 56 valence electrons. The Bertz CT molecular complexity index is 180. The molecular formula is C8H10F2. The van der Waals surface area contributed by atoms with E-state index >= 15 is 0 Å². The lowest BCUT2D eigenvalue weighted by molar-refractivity contribution is 0.366. The molecule has 0 aromatic heterocycles. The Morgan fingerprint density at radius 1 is 1.70 bits per heavy atom. The molecule has 10 heavy (non-hydrogen) atoms. The maximum Gasteiger partial charge on any atom is 0.125 e. The van der Waals surface area contributed by atoms with Gasteiger partial charge in [-0.2, -0.15) is 0 Å². The molecule has 1 unspecified atom stereocenters. The van der Waals surface area contributed by atoms with Gasteiger partial charge in [-0.25, -0.2) is 8.78 Å². The average molecular weight is 144 g/mol. The standard InChI is InChI=1S/C8H10F2/c1-2-6-3-7(9)5-8(10)4-6/h3-4,7H,2,5H2,1H3. The molecule has 0 spiro atoms. The van der Waals surface area contributed by atoms with Crippen LogP contribution in [0.25, 0.3) is 0 Å². The molecule has 1 aliphatic rings. The lowest BCUT2D eigenvalue weighted by atomic mass is 10.0. The van der Waals surface area contributed by atoms with Crippen molar-refractivity contribution < 1.29 is 8.78 Å². The predicted octanol–water partition coefficient (Wildman–Crippen LogP) is 2.92. The minimum absolute atomic E-state index is 0.0799. The number of hydrogen-bond acceptors (Lipinski definition) is 0. The number of halogens is 2. The van der Waals surface area contributed by atoms with Crippen LogP contribution in [-0.2, 0) is 0 Å². The van der Waals surface area contributed by atoms with E-state index in [1.165, 1.54) is 12.2 Å². The Balaban J connectivity index is 2.72. The van der Waals surface area contributed by atoms with Gasteiger partial charge in [0.25, 0.3) is 0 Å². The van der Waals surface area contributed by atoms with Crippen molar-refractivity contribution in [3.63, 3.8) is 0 Å². The molecule has 0 bridgehead atoms. The van der Waals surface area contributed by atoms with Gasteiger partial charge >= 0.3 is 0 Å². The molecule has 0 aromatic rings. The summed E-state index contributed by atoms with van der Waals surface area (Å²) in [5.74, 6) is -0.341. The molecule has 0 nitrogen and oxygen atoms in total. The fraction of sp³-hybridized carbons (Fsp3) is 0.500. The summed E-state index contributed by atoms with van der Waals surface area (Å²) < 4.78 is 25.0. The van der Waals surface area contributed by atoms with Crippen molar-refractivity contribution >= 4 is 0 Å². The van der Waals surface area contributed by atoms with Crippen LogP contribution in [0.5, 0.6) is 0 Å². The van der Waals surface area contributed by atoms with Gasteiger partial charge in [0.1, 0.15) is 12.0 Å². The quantitative estimate of drug-likeness (QED) is 0.530. The monoisotopic (exact) mass is 144 g/mol. The predicted molar refractivity (Wildman–Crippen MR) is 37.1 cm³/mol. The highest BCUT2D eigenvalue weighted by Crippen LogP contribution is 2.22. The van der Waals surface area contributed by atoms with Gasteiger partial charge in [-0.15, -0.1) is 0 Å². The van der Waals surface area contributed by atoms with Crippen LogP contribution in [0.1, 0.15) is 19.8 Å². The van der Waals surface area contributed by atoms with Crippen molar-refractivity contribution in [2.45, 2.75) is 25.9 Å². The second-order valence-electron chi connectivity index (χ2n) is 2.41. The van der Waals surface area contributed by atoms with E-state index in [4.69, 9.17) is 0 Å². The summed E-state index contributed by atoms with van der Waals surface area (Å²) in [5, 5.41) is 0. The fourth-order valence-corrected chi connectivity index (χ4v) is 1.01. The first-order valence-electron chi connectivity index (χ1n) is 3.43. The first-order valence-corrected chi connectivity index (χ1v) is 3.43. The second-order valence-corrected chi connectivity index (χ2v) is 2.41. The molecule has 1 atom stereocenters. The molecule has 0 fully saturated rings. The first-order chi connectivity index (χ1) is 4.72. The zero-order valence-electron chi connectivity index (χ0n) is 5.90. The van der Waals surface area contributed by atoms with Gasteiger partial charge in [-0.1, -0.05) is 6.92 Å². The molecule has 0 saturated carbocycles. The van der Waals surface area contributed by atoms with Gasteiger partial charge in [0.05, 0.1) is 0 Å². The molecule has 0 N–H and O–H groups in total. The zero-order chi connectivity index (χ0) is 7.56. The molecule has 0 radical (unpaired) electrons. The molecule has 2 heteroatoms. The van der Waals surface area contributed by atoms with Gasteiger partial charge in [0.15, 0.2) is 0 Å². The summed E-state index contributed by atoms with van der Waals surface area (Å²) >= 11 is 0. The lowest BCUT2D eigenvalue weighted by Crippen LogP contribution is -2.01. The first kappa shape index (κ1) is 7.45. The van der Waals surface area contributed by atoms with E-state index in [0.717, 1.165) is 5.57 Å². The summed E-state index contributed by atoms with van der Waals surface area (Å²) in [4.78, 5) is 0. The highest BCUT2D eigenvalue weighted by atomic mass is 19.1. The molecule has 0 heterocycles. The smallest absolute Gasteiger partial charge is 0.125 e. The van der Waals surface area contributed by atoms with Crippen molar-refractivity contribution in [3.05, 3.63) is 23.6 Å². The van der Waals surface area contributed by atoms with E-state index < -0.39 is 6.17 Å². The lowest BCUT2D eigenvalue weighted by Gasteiger charge is -2.09. The van der Waals surface area contributed by atoms with E-state index in [1.54, 1.807) is 0 Å². The Morgan fingerprint density at radius 3 is 2.90 bits per heavy atom. The number of rotatable bonds is 1. The fourth-order valence-electron chi connectivity index (χ4n) is 1.01. The SMILES string of the molecule is CCC1=CC(F)CC(F)=C1. The van der Waals surface area contributed by atoms with Gasteiger partial charge in [-0.3, -0.25) is 0 Å². The topological polar surface area (TPSA) is 0 Å². The van der Waals surface area contributed by atoms with E-state index in [9.17, 15) is 8.78 Å². The van der Waals surface area contributed by atoms with Crippen LogP contribution >= 0.6 is 0 Å². The zero-order valence-corrected chi connectivity index (χ0v) is 5.90. The minimum atomic E-state index is -1.11. The Morgan fingerprint density at radius 2 is 2.40 bits per heavy atom. The molecular weight excluding hydrogens is 134 g/mol. The summed E-state index contributed by atoms with van der Waals surface area (Å²) in [5.41, 5.74) is 0.760. The highest BCUT2D eigenvalue weighted by molar-refractivity contribution is 5.26. The number of alkyl halides is 1. The third kappa shape index (κ3) is 1.66. The third-order valence-corrected chi connectivity index (χ3v) is 1.54. The van der Waals surface area contributed by atoms with Crippen LogP contribution in [0.15, 0.2) is 23.6 Å². The minimum Gasteiger partial charge on any atom is -0.242 e. The maximum atomic E-state index is 12.5. The van der Waals surface area contributed by atoms with Crippen LogP contribution in [0.4, 0.5) is 8.78 Å². The summed E-state index contributed by atoms with van der Waals surface area (Å²) in [7, 11) is 0. The van der Waals surface area contributed by atoms with E-state index in [2.05, 4.69) is 0 Å². The number of hydrogen-bond donors (Lipinski definition) is 0. The second kappa shape index (κ2) is 2.95. The molecule has 0 aromatic carbocycles. The molecule has 0 saturated heterocycles. The normalized spacial score (nSPS) is 25.7. The van der Waals surface area contributed by atoms with Crippen molar-refractivity contribution in [2.75, 3.05) is 0 Å². The summed E-state index contributed by atoms with van der Waals surface area (Å²) in [6.07, 6.45) is 2.40. The highest BCUT2D eigenvalue weighted by Gasteiger charge is 2.12. The summed E-state index contributed by atoms with van der Waals surface area (Å²) in [6.45, 7) is 1.88. The van der Waals surface area contributed by atoms with Gasteiger partial charge in [-0.05, 0) is 24.1 Å². The van der Waals surface area contributed by atoms with Crippen molar-refractivity contribution in [3.8, 4) is 0 Å². The van der Waals surface area contributed by atoms with Gasteiger partial charge in [0.2, 0.25) is 0 Å². The molecule has 1 aliphatic carbocycles. The Kier molecular flexibility index (Phi) is 2.20. The van der Waals surface area contributed by atoms with Crippen molar-refractivity contribution in [1.29, 1.82) is 0 Å². The molecule has 1 rings (SSSR count). The Hall–Kier alpha value is -0.660. The maximum absolute atomic E-state index is 12.5. The molecule has 0 aliphatic heterocycles. The average Bonchev–Trinajstić information content (AvgIpc) is 1.85.